The Morgan fingerprint density at radius 2 is 1.68 bits per heavy atom. The molecule has 0 spiro atoms. The standard InChI is InChI=1S/C31H45N3O11S2/c1-31(2,13-7-8-14-32-46(3,38)39)20-33(47(40,41)25-11-12-28-29(16-25)45-22-44-28)17-27(35)26(15-23-9-5-4-6-10-23)34(30(36)37)24-18-42-21-43-19-24/h4-6,9-12,16,24,26-27,32,35H,7-8,13-15,17-22H2,1-3H3,(H,36,37)/t26-,27+/m0/s1. The summed E-state index contributed by atoms with van der Waals surface area (Å²) in [5.74, 6) is 0.691. The second-order valence-corrected chi connectivity index (χ2v) is 16.4. The Kier molecular flexibility index (Phi) is 12.5. The van der Waals surface area contributed by atoms with Gasteiger partial charge < -0.3 is 29.2 Å². The van der Waals surface area contributed by atoms with Gasteiger partial charge in [0.1, 0.15) is 6.79 Å². The molecule has 0 radical (unpaired) electrons. The normalized spacial score (nSPS) is 17.0. The highest BCUT2D eigenvalue weighted by Gasteiger charge is 2.40. The third-order valence-corrected chi connectivity index (χ3v) is 10.6. The summed E-state index contributed by atoms with van der Waals surface area (Å²) in [7, 11) is -7.58. The molecule has 47 heavy (non-hydrogen) atoms. The molecule has 14 nitrogen and oxygen atoms in total. The van der Waals surface area contributed by atoms with Crippen molar-refractivity contribution in [2.45, 2.75) is 62.6 Å². The van der Waals surface area contributed by atoms with Gasteiger partial charge in [-0.25, -0.2) is 26.4 Å². The average molecular weight is 700 g/mol. The Labute approximate surface area is 276 Å². The number of aliphatic hydroxyl groups excluding tert-OH is 1. The number of sulfonamides is 2. The van der Waals surface area contributed by atoms with Crippen molar-refractivity contribution in [3.05, 3.63) is 54.1 Å². The van der Waals surface area contributed by atoms with Gasteiger partial charge in [-0.15, -0.1) is 0 Å². The van der Waals surface area contributed by atoms with Crippen molar-refractivity contribution in [3.63, 3.8) is 0 Å². The molecule has 2 atom stereocenters. The van der Waals surface area contributed by atoms with Gasteiger partial charge >= 0.3 is 6.09 Å². The molecule has 0 aliphatic carbocycles. The zero-order valence-corrected chi connectivity index (χ0v) is 28.5. The third-order valence-electron chi connectivity index (χ3n) is 8.11. The lowest BCUT2D eigenvalue weighted by molar-refractivity contribution is -0.140. The lowest BCUT2D eigenvalue weighted by Crippen LogP contribution is -2.59. The fraction of sp³-hybridized carbons (Fsp3) is 0.581. The number of nitrogens with one attached hydrogen (secondary N) is 1. The minimum Gasteiger partial charge on any atom is -0.465 e. The summed E-state index contributed by atoms with van der Waals surface area (Å²) in [4.78, 5) is 13.8. The van der Waals surface area contributed by atoms with Crippen LogP contribution in [-0.4, -0.2) is 113 Å². The monoisotopic (exact) mass is 699 g/mol. The number of hydrogen-bond acceptors (Lipinski definition) is 10. The number of carboxylic acid groups (broad SMARTS) is 1. The number of fused-ring (bicyclic) bond motifs is 1. The molecule has 1 saturated heterocycles. The van der Waals surface area contributed by atoms with Crippen molar-refractivity contribution in [1.29, 1.82) is 0 Å². The number of unbranched alkanes of at least 4 members (excludes halogenated alkanes) is 1. The van der Waals surface area contributed by atoms with Crippen molar-refractivity contribution in [2.24, 2.45) is 5.41 Å². The summed E-state index contributed by atoms with van der Waals surface area (Å²) in [5.41, 5.74) is 0.148. The van der Waals surface area contributed by atoms with E-state index in [1.165, 1.54) is 22.5 Å². The van der Waals surface area contributed by atoms with Crippen LogP contribution in [0.1, 0.15) is 38.7 Å². The molecule has 0 aromatic heterocycles. The van der Waals surface area contributed by atoms with E-state index in [-0.39, 0.29) is 57.0 Å². The number of rotatable bonds is 17. The number of benzene rings is 2. The molecule has 4 rings (SSSR count). The lowest BCUT2D eigenvalue weighted by atomic mass is 9.87. The molecule has 262 valence electrons. The number of aliphatic hydroxyl groups is 1. The van der Waals surface area contributed by atoms with E-state index in [1.54, 1.807) is 12.1 Å². The predicted octanol–water partition coefficient (Wildman–Crippen LogP) is 2.48. The van der Waals surface area contributed by atoms with Gasteiger partial charge in [-0.05, 0) is 42.4 Å². The van der Waals surface area contributed by atoms with Crippen LogP contribution in [0.4, 0.5) is 4.79 Å². The fourth-order valence-electron chi connectivity index (χ4n) is 5.79. The Bertz CT molecular complexity index is 1550. The summed E-state index contributed by atoms with van der Waals surface area (Å²) in [6.45, 7) is 3.73. The summed E-state index contributed by atoms with van der Waals surface area (Å²) in [6.07, 6.45) is 0.162. The van der Waals surface area contributed by atoms with E-state index in [0.29, 0.717) is 25.0 Å². The lowest BCUT2D eigenvalue weighted by Gasteiger charge is -2.41. The van der Waals surface area contributed by atoms with Crippen LogP contribution in [0, 0.1) is 5.41 Å². The number of amides is 1. The minimum absolute atomic E-state index is 0.0128. The Morgan fingerprint density at radius 3 is 2.34 bits per heavy atom. The van der Waals surface area contributed by atoms with E-state index < -0.39 is 56.3 Å². The smallest absolute Gasteiger partial charge is 0.408 e. The van der Waals surface area contributed by atoms with Crippen LogP contribution in [0.3, 0.4) is 0 Å². The molecule has 2 aliphatic rings. The number of nitrogens with zero attached hydrogens (tertiary/aromatic N) is 2. The van der Waals surface area contributed by atoms with Gasteiger partial charge in [-0.3, -0.25) is 4.90 Å². The highest BCUT2D eigenvalue weighted by atomic mass is 32.2. The van der Waals surface area contributed by atoms with Crippen molar-refractivity contribution in [2.75, 3.05) is 52.7 Å². The molecular formula is C31H45N3O11S2. The van der Waals surface area contributed by atoms with E-state index in [9.17, 15) is 31.8 Å². The average Bonchev–Trinajstić information content (AvgIpc) is 3.49. The van der Waals surface area contributed by atoms with Crippen LogP contribution in [0.25, 0.3) is 0 Å². The first-order chi connectivity index (χ1) is 22.2. The number of ether oxygens (including phenoxy) is 4. The Hall–Kier alpha value is -2.99. The molecule has 1 fully saturated rings. The molecule has 0 unspecified atom stereocenters. The van der Waals surface area contributed by atoms with Crippen molar-refractivity contribution < 1.29 is 50.8 Å². The molecule has 2 aromatic rings. The zero-order valence-electron chi connectivity index (χ0n) is 26.9. The molecule has 2 heterocycles. The summed E-state index contributed by atoms with van der Waals surface area (Å²) < 4.78 is 76.7. The minimum atomic E-state index is -4.25. The zero-order chi connectivity index (χ0) is 34.2. The third kappa shape index (κ3) is 10.5. The molecule has 16 heteroatoms. The summed E-state index contributed by atoms with van der Waals surface area (Å²) in [5, 5.41) is 22.2. The number of carbonyl (C=O) groups is 1. The van der Waals surface area contributed by atoms with Gasteiger partial charge in [0.05, 0.1) is 42.6 Å². The molecular weight excluding hydrogens is 654 g/mol. The molecule has 2 aliphatic heterocycles. The first-order valence-corrected chi connectivity index (χ1v) is 18.7. The maximum Gasteiger partial charge on any atom is 0.408 e. The predicted molar refractivity (Wildman–Crippen MR) is 172 cm³/mol. The van der Waals surface area contributed by atoms with Crippen molar-refractivity contribution >= 4 is 26.1 Å². The van der Waals surface area contributed by atoms with Gasteiger partial charge in [0.15, 0.2) is 11.5 Å². The molecule has 3 N–H and O–H groups in total. The maximum atomic E-state index is 14.3. The molecule has 1 amide bonds. The molecule has 2 aromatic carbocycles. The Morgan fingerprint density at radius 1 is 1.00 bits per heavy atom. The van der Waals surface area contributed by atoms with E-state index in [2.05, 4.69) is 4.72 Å². The van der Waals surface area contributed by atoms with Crippen molar-refractivity contribution in [1.82, 2.24) is 13.9 Å². The van der Waals surface area contributed by atoms with Crippen LogP contribution in [-0.2, 0) is 35.9 Å². The fourth-order valence-corrected chi connectivity index (χ4v) is 7.96. The van der Waals surface area contributed by atoms with E-state index in [0.717, 1.165) is 16.7 Å². The van der Waals surface area contributed by atoms with Crippen LogP contribution in [0.2, 0.25) is 0 Å². The highest BCUT2D eigenvalue weighted by Crippen LogP contribution is 2.36. The highest BCUT2D eigenvalue weighted by molar-refractivity contribution is 7.89. The molecule has 0 saturated carbocycles. The maximum absolute atomic E-state index is 14.3. The number of hydrogen-bond donors (Lipinski definition) is 3. The van der Waals surface area contributed by atoms with E-state index in [4.69, 9.17) is 18.9 Å². The van der Waals surface area contributed by atoms with Crippen molar-refractivity contribution in [3.8, 4) is 11.5 Å². The SMILES string of the molecule is CC(C)(CCCCNS(C)(=O)=O)CN(C[C@@H](O)[C@H](Cc1ccccc1)N(C(=O)O)C1COCOC1)S(=O)(=O)c1ccc2c(c1)OCO2. The first-order valence-electron chi connectivity index (χ1n) is 15.4. The second-order valence-electron chi connectivity index (χ2n) is 12.6. The van der Waals surface area contributed by atoms with Crippen LogP contribution in [0.5, 0.6) is 11.5 Å². The van der Waals surface area contributed by atoms with Crippen LogP contribution < -0.4 is 14.2 Å². The van der Waals surface area contributed by atoms with Gasteiger partial charge in [0.2, 0.25) is 26.8 Å². The summed E-state index contributed by atoms with van der Waals surface area (Å²) >= 11 is 0. The Balaban J connectivity index is 1.64. The second kappa shape index (κ2) is 15.9. The topological polar surface area (TPSA) is 181 Å². The van der Waals surface area contributed by atoms with E-state index >= 15 is 0 Å². The van der Waals surface area contributed by atoms with Gasteiger partial charge in [0, 0.05) is 25.7 Å². The van der Waals surface area contributed by atoms with Gasteiger partial charge in [-0.2, -0.15) is 4.31 Å². The van der Waals surface area contributed by atoms with Gasteiger partial charge in [0.25, 0.3) is 0 Å². The largest absolute Gasteiger partial charge is 0.465 e. The first kappa shape index (κ1) is 36.8. The quantitative estimate of drug-likeness (QED) is 0.207. The summed E-state index contributed by atoms with van der Waals surface area (Å²) in [6, 6.07) is 11.6. The van der Waals surface area contributed by atoms with Gasteiger partial charge in [-0.1, -0.05) is 50.6 Å². The van der Waals surface area contributed by atoms with Crippen LogP contribution >= 0.6 is 0 Å². The molecule has 0 bridgehead atoms. The van der Waals surface area contributed by atoms with E-state index in [1.807, 2.05) is 32.0 Å². The van der Waals surface area contributed by atoms with Crippen LogP contribution in [0.15, 0.2) is 53.4 Å².